The van der Waals surface area contributed by atoms with E-state index in [9.17, 15) is 13.2 Å². The smallest absolute Gasteiger partial charge is 0.249 e. The van der Waals surface area contributed by atoms with Gasteiger partial charge < -0.3 is 9.26 Å². The van der Waals surface area contributed by atoms with Crippen molar-refractivity contribution in [1.29, 1.82) is 0 Å². The minimum Gasteiger partial charge on any atom is -0.460 e. The molecule has 2 aromatic rings. The van der Waals surface area contributed by atoms with E-state index in [4.69, 9.17) is 9.26 Å². The van der Waals surface area contributed by atoms with Crippen LogP contribution in [-0.2, 0) is 14.8 Å². The molecule has 1 aliphatic heterocycles. The average molecular weight is 348 g/mol. The van der Waals surface area contributed by atoms with Gasteiger partial charge in [-0.05, 0) is 26.0 Å². The highest BCUT2D eigenvalue weighted by Gasteiger charge is 2.44. The maximum Gasteiger partial charge on any atom is 0.249 e. The van der Waals surface area contributed by atoms with Gasteiger partial charge in [0.1, 0.15) is 16.8 Å². The highest BCUT2D eigenvalue weighted by molar-refractivity contribution is 7.93. The maximum absolute atomic E-state index is 13.2. The molecule has 0 saturated carbocycles. The van der Waals surface area contributed by atoms with Crippen LogP contribution in [0.25, 0.3) is 0 Å². The molecule has 24 heavy (non-hydrogen) atoms. The molecule has 0 amide bonds. The fraction of sp³-hybridized carbons (Fsp3) is 0.250. The van der Waals surface area contributed by atoms with E-state index in [1.807, 2.05) is 0 Å². The fourth-order valence-electron chi connectivity index (χ4n) is 2.83. The van der Waals surface area contributed by atoms with Crippen molar-refractivity contribution in [3.8, 4) is 5.75 Å². The normalized spacial score (nSPS) is 17.9. The molecular weight excluding hydrogens is 332 g/mol. The Labute approximate surface area is 139 Å². The van der Waals surface area contributed by atoms with Gasteiger partial charge in [-0.25, -0.2) is 12.7 Å². The largest absolute Gasteiger partial charge is 0.460 e. The lowest BCUT2D eigenvalue weighted by Gasteiger charge is -2.25. The molecule has 0 radical (unpaired) electrons. The standard InChI is InChI=1S/C16H16N2O5S/c1-4-14(16-10(2)17-23-11(16)3)24(20,21)18-12-7-5-6-8-13(12)22-15(18)9-19/h4-9,14-15H,1H2,2-3H3. The van der Waals surface area contributed by atoms with Gasteiger partial charge in [0.25, 0.3) is 0 Å². The summed E-state index contributed by atoms with van der Waals surface area (Å²) >= 11 is 0. The van der Waals surface area contributed by atoms with E-state index in [1.165, 1.54) is 6.08 Å². The lowest BCUT2D eigenvalue weighted by molar-refractivity contribution is -0.112. The van der Waals surface area contributed by atoms with Crippen molar-refractivity contribution in [3.05, 3.63) is 53.9 Å². The van der Waals surface area contributed by atoms with Crippen molar-refractivity contribution in [2.24, 2.45) is 0 Å². The number of fused-ring (bicyclic) bond motifs is 1. The van der Waals surface area contributed by atoms with E-state index < -0.39 is 21.5 Å². The monoisotopic (exact) mass is 348 g/mol. The molecular formula is C16H16N2O5S. The summed E-state index contributed by atoms with van der Waals surface area (Å²) in [5.74, 6) is 0.719. The Morgan fingerprint density at radius 3 is 2.62 bits per heavy atom. The van der Waals surface area contributed by atoms with Gasteiger partial charge in [0.05, 0.1) is 11.4 Å². The number of carbonyl (C=O) groups excluding carboxylic acids is 1. The second-order valence-electron chi connectivity index (χ2n) is 5.35. The zero-order valence-corrected chi connectivity index (χ0v) is 14.0. The molecule has 0 spiro atoms. The number of carbonyl (C=O) groups is 1. The third kappa shape index (κ3) is 2.30. The summed E-state index contributed by atoms with van der Waals surface area (Å²) in [6.45, 7) is 6.93. The Morgan fingerprint density at radius 2 is 2.04 bits per heavy atom. The van der Waals surface area contributed by atoms with Crippen LogP contribution in [0.2, 0.25) is 0 Å². The lowest BCUT2D eigenvalue weighted by atomic mass is 10.1. The zero-order chi connectivity index (χ0) is 17.5. The number of sulfonamides is 1. The number of nitrogens with zero attached hydrogens (tertiary/aromatic N) is 2. The molecule has 2 heterocycles. The summed E-state index contributed by atoms with van der Waals surface area (Å²) in [5, 5.41) is 2.69. The van der Waals surface area contributed by atoms with Crippen LogP contribution in [0.5, 0.6) is 5.75 Å². The van der Waals surface area contributed by atoms with E-state index >= 15 is 0 Å². The summed E-state index contributed by atoms with van der Waals surface area (Å²) in [6.07, 6.45) is 0.491. The van der Waals surface area contributed by atoms with Crippen molar-refractivity contribution in [2.75, 3.05) is 4.31 Å². The van der Waals surface area contributed by atoms with E-state index in [-0.39, 0.29) is 0 Å². The number of aromatic nitrogens is 1. The highest BCUT2D eigenvalue weighted by atomic mass is 32.2. The maximum atomic E-state index is 13.2. The first-order valence-electron chi connectivity index (χ1n) is 7.21. The van der Waals surface area contributed by atoms with E-state index in [0.29, 0.717) is 34.7 Å². The number of aldehydes is 1. The Balaban J connectivity index is 2.15. The van der Waals surface area contributed by atoms with Crippen LogP contribution in [0.4, 0.5) is 5.69 Å². The van der Waals surface area contributed by atoms with Crippen LogP contribution in [-0.4, -0.2) is 26.1 Å². The van der Waals surface area contributed by atoms with Crippen LogP contribution in [0, 0.1) is 13.8 Å². The molecule has 0 N–H and O–H groups in total. The first-order valence-corrected chi connectivity index (χ1v) is 8.71. The summed E-state index contributed by atoms with van der Waals surface area (Å²) in [6, 6.07) is 6.58. The molecule has 1 aliphatic rings. The van der Waals surface area contributed by atoms with Gasteiger partial charge in [0.2, 0.25) is 16.3 Å². The van der Waals surface area contributed by atoms with E-state index in [2.05, 4.69) is 11.7 Å². The molecule has 2 unspecified atom stereocenters. The molecule has 0 saturated heterocycles. The number of para-hydroxylation sites is 2. The molecule has 3 rings (SSSR count). The average Bonchev–Trinajstić information content (AvgIpc) is 3.10. The Kier molecular flexibility index (Phi) is 3.92. The summed E-state index contributed by atoms with van der Waals surface area (Å²) < 4.78 is 38.0. The number of benzene rings is 1. The van der Waals surface area contributed by atoms with Gasteiger partial charge in [-0.3, -0.25) is 4.79 Å². The van der Waals surface area contributed by atoms with Gasteiger partial charge in [-0.2, -0.15) is 0 Å². The van der Waals surface area contributed by atoms with Crippen LogP contribution in [0.15, 0.2) is 41.4 Å². The quantitative estimate of drug-likeness (QED) is 0.608. The highest BCUT2D eigenvalue weighted by Crippen LogP contribution is 2.42. The van der Waals surface area contributed by atoms with Crippen LogP contribution in [0.1, 0.15) is 22.3 Å². The number of hydrogen-bond acceptors (Lipinski definition) is 6. The Morgan fingerprint density at radius 1 is 1.33 bits per heavy atom. The SMILES string of the molecule is C=CC(c1c(C)noc1C)S(=O)(=O)N1c2ccccc2OC1C=O. The molecule has 7 nitrogen and oxygen atoms in total. The Bertz CT molecular complexity index is 883. The van der Waals surface area contributed by atoms with Crippen molar-refractivity contribution in [1.82, 2.24) is 5.16 Å². The van der Waals surface area contributed by atoms with Crippen LogP contribution in [0.3, 0.4) is 0 Å². The van der Waals surface area contributed by atoms with Gasteiger partial charge in [-0.15, -0.1) is 6.58 Å². The summed E-state index contributed by atoms with van der Waals surface area (Å²) in [7, 11) is -4.03. The van der Waals surface area contributed by atoms with Gasteiger partial charge in [-0.1, -0.05) is 23.4 Å². The zero-order valence-electron chi connectivity index (χ0n) is 13.2. The van der Waals surface area contributed by atoms with Crippen LogP contribution >= 0.6 is 0 Å². The lowest BCUT2D eigenvalue weighted by Crippen LogP contribution is -2.42. The van der Waals surface area contributed by atoms with Gasteiger partial charge in [0.15, 0.2) is 6.29 Å². The van der Waals surface area contributed by atoms with E-state index in [0.717, 1.165) is 4.31 Å². The predicted molar refractivity (Wildman–Crippen MR) is 87.2 cm³/mol. The molecule has 1 aromatic carbocycles. The van der Waals surface area contributed by atoms with Crippen molar-refractivity contribution in [3.63, 3.8) is 0 Å². The minimum atomic E-state index is -4.03. The molecule has 0 bridgehead atoms. The summed E-state index contributed by atoms with van der Waals surface area (Å²) in [4.78, 5) is 11.4. The summed E-state index contributed by atoms with van der Waals surface area (Å²) in [5.41, 5.74) is 1.18. The third-order valence-electron chi connectivity index (χ3n) is 3.88. The van der Waals surface area contributed by atoms with Gasteiger partial charge in [0, 0.05) is 5.56 Å². The van der Waals surface area contributed by atoms with Crippen LogP contribution < -0.4 is 9.04 Å². The molecule has 0 aliphatic carbocycles. The molecule has 1 aromatic heterocycles. The number of ether oxygens (including phenoxy) is 1. The predicted octanol–water partition coefficient (Wildman–Crippen LogP) is 2.27. The molecule has 2 atom stereocenters. The van der Waals surface area contributed by atoms with Crippen molar-refractivity contribution < 1.29 is 22.5 Å². The first-order chi connectivity index (χ1) is 11.4. The number of aryl methyl sites for hydroxylation is 2. The number of anilines is 1. The second-order valence-corrected chi connectivity index (χ2v) is 7.28. The number of rotatable bonds is 5. The van der Waals surface area contributed by atoms with Crippen molar-refractivity contribution in [2.45, 2.75) is 25.3 Å². The molecule has 8 heteroatoms. The van der Waals surface area contributed by atoms with Gasteiger partial charge >= 0.3 is 0 Å². The fourth-order valence-corrected chi connectivity index (χ4v) is 4.76. The topological polar surface area (TPSA) is 89.7 Å². The first kappa shape index (κ1) is 16.3. The third-order valence-corrected chi connectivity index (χ3v) is 5.90. The minimum absolute atomic E-state index is 0.313. The number of hydrogen-bond donors (Lipinski definition) is 0. The molecule has 0 fully saturated rings. The van der Waals surface area contributed by atoms with E-state index in [1.54, 1.807) is 38.1 Å². The molecule has 126 valence electrons. The van der Waals surface area contributed by atoms with Crippen molar-refractivity contribution >= 4 is 22.0 Å². The second kappa shape index (κ2) is 5.79. The Hall–Kier alpha value is -2.61.